The molecule has 0 radical (unpaired) electrons. The van der Waals surface area contributed by atoms with Crippen LogP contribution in [0.2, 0.25) is 0 Å². The van der Waals surface area contributed by atoms with E-state index >= 15 is 0 Å². The number of hydrogen-bond donors (Lipinski definition) is 2. The number of aliphatic hydroxyl groups is 1. The SMILES string of the molecule is OC12C[C@H]3C[C@H](C1)CC([NH+]1CCCC1)(C3)C2. The summed E-state index contributed by atoms with van der Waals surface area (Å²) in [5.41, 5.74) is 0.259. The van der Waals surface area contributed by atoms with Gasteiger partial charge < -0.3 is 10.0 Å². The van der Waals surface area contributed by atoms with E-state index in [1.807, 2.05) is 4.90 Å². The smallest absolute Gasteiger partial charge is 0.101 e. The molecular weight excluding hydrogens is 198 g/mol. The van der Waals surface area contributed by atoms with Crippen molar-refractivity contribution in [1.29, 1.82) is 0 Å². The Kier molecular flexibility index (Phi) is 1.87. The highest BCUT2D eigenvalue weighted by molar-refractivity contribution is 5.09. The number of nitrogens with one attached hydrogen (secondary N) is 1. The molecule has 0 amide bonds. The lowest BCUT2D eigenvalue weighted by Gasteiger charge is -2.60. The molecular formula is C14H24NO+. The van der Waals surface area contributed by atoms with Gasteiger partial charge in [0.1, 0.15) is 5.54 Å². The molecule has 2 atom stereocenters. The van der Waals surface area contributed by atoms with Crippen molar-refractivity contribution >= 4 is 0 Å². The van der Waals surface area contributed by atoms with Gasteiger partial charge in [0.25, 0.3) is 0 Å². The molecule has 1 heterocycles. The van der Waals surface area contributed by atoms with Crippen molar-refractivity contribution < 1.29 is 10.0 Å². The minimum absolute atomic E-state index is 0.250. The summed E-state index contributed by atoms with van der Waals surface area (Å²) in [5.74, 6) is 1.72. The standard InChI is InChI=1S/C14H23NO/c16-14-8-11-5-12(9-14)7-13(6-11,10-14)15-3-1-2-4-15/h11-12,16H,1-10H2/p+1/t11-,12-,13?,14?/m0/s1. The number of hydrogen-bond acceptors (Lipinski definition) is 1. The molecule has 0 unspecified atom stereocenters. The van der Waals surface area contributed by atoms with Crippen molar-refractivity contribution in [3.8, 4) is 0 Å². The van der Waals surface area contributed by atoms with Crippen LogP contribution >= 0.6 is 0 Å². The topological polar surface area (TPSA) is 24.7 Å². The van der Waals surface area contributed by atoms with Gasteiger partial charge in [-0.3, -0.25) is 0 Å². The molecule has 4 aliphatic carbocycles. The first-order chi connectivity index (χ1) is 7.68. The molecule has 1 aliphatic heterocycles. The predicted molar refractivity (Wildman–Crippen MR) is 62.3 cm³/mol. The molecule has 2 nitrogen and oxygen atoms in total. The highest BCUT2D eigenvalue weighted by Gasteiger charge is 2.61. The summed E-state index contributed by atoms with van der Waals surface area (Å²) >= 11 is 0. The van der Waals surface area contributed by atoms with E-state index in [1.165, 1.54) is 45.2 Å². The van der Waals surface area contributed by atoms with Gasteiger partial charge >= 0.3 is 0 Å². The van der Waals surface area contributed by atoms with E-state index in [0.717, 1.165) is 31.1 Å². The van der Waals surface area contributed by atoms with Crippen LogP contribution in [0.1, 0.15) is 51.4 Å². The van der Waals surface area contributed by atoms with Crippen LogP contribution in [-0.4, -0.2) is 29.3 Å². The second-order valence-corrected chi connectivity index (χ2v) is 7.28. The average Bonchev–Trinajstić information content (AvgIpc) is 2.65. The summed E-state index contributed by atoms with van der Waals surface area (Å²) in [5, 5.41) is 10.7. The zero-order valence-electron chi connectivity index (χ0n) is 10.2. The third-order valence-electron chi connectivity index (χ3n) is 5.99. The number of quaternary nitrogens is 1. The Morgan fingerprint density at radius 3 is 2.12 bits per heavy atom. The van der Waals surface area contributed by atoms with Crippen LogP contribution < -0.4 is 4.90 Å². The molecule has 16 heavy (non-hydrogen) atoms. The van der Waals surface area contributed by atoms with Crippen molar-refractivity contribution in [1.82, 2.24) is 0 Å². The van der Waals surface area contributed by atoms with E-state index in [4.69, 9.17) is 0 Å². The maximum absolute atomic E-state index is 10.7. The molecule has 5 fully saturated rings. The van der Waals surface area contributed by atoms with Crippen molar-refractivity contribution in [3.63, 3.8) is 0 Å². The lowest BCUT2D eigenvalue weighted by molar-refractivity contribution is -0.948. The molecule has 2 heteroatoms. The Morgan fingerprint density at radius 2 is 1.56 bits per heavy atom. The van der Waals surface area contributed by atoms with Crippen LogP contribution in [0.5, 0.6) is 0 Å². The second kappa shape index (κ2) is 3.02. The third-order valence-corrected chi connectivity index (χ3v) is 5.99. The van der Waals surface area contributed by atoms with Crippen molar-refractivity contribution in [2.75, 3.05) is 13.1 Å². The Labute approximate surface area is 98.0 Å². The molecule has 5 rings (SSSR count). The molecule has 0 aromatic rings. The normalized spacial score (nSPS) is 56.1. The first kappa shape index (κ1) is 9.90. The number of rotatable bonds is 1. The molecule has 0 aromatic carbocycles. The molecule has 0 aromatic heterocycles. The number of likely N-dealkylation sites (tertiary alicyclic amines) is 1. The molecule has 0 spiro atoms. The Balaban J connectivity index is 1.68. The van der Waals surface area contributed by atoms with Gasteiger partial charge in [-0.25, -0.2) is 0 Å². The predicted octanol–water partition coefficient (Wildman–Crippen LogP) is 0.749. The van der Waals surface area contributed by atoms with Crippen molar-refractivity contribution in [3.05, 3.63) is 0 Å². The fourth-order valence-corrected chi connectivity index (χ4v) is 5.96. The van der Waals surface area contributed by atoms with Gasteiger partial charge in [0.05, 0.1) is 18.7 Å². The van der Waals surface area contributed by atoms with Gasteiger partial charge in [-0.15, -0.1) is 0 Å². The second-order valence-electron chi connectivity index (χ2n) is 7.28. The van der Waals surface area contributed by atoms with E-state index in [9.17, 15) is 5.11 Å². The summed E-state index contributed by atoms with van der Waals surface area (Å²) in [4.78, 5) is 1.86. The van der Waals surface area contributed by atoms with Crippen LogP contribution in [0, 0.1) is 11.8 Å². The summed E-state index contributed by atoms with van der Waals surface area (Å²) < 4.78 is 0. The van der Waals surface area contributed by atoms with Crippen molar-refractivity contribution in [2.45, 2.75) is 62.5 Å². The minimum atomic E-state index is -0.250. The van der Waals surface area contributed by atoms with Crippen LogP contribution in [0.25, 0.3) is 0 Å². The summed E-state index contributed by atoms with van der Waals surface area (Å²) in [6.07, 6.45) is 10.5. The molecule has 90 valence electrons. The van der Waals surface area contributed by atoms with Gasteiger partial charge in [-0.1, -0.05) is 0 Å². The van der Waals surface area contributed by atoms with Crippen LogP contribution in [-0.2, 0) is 0 Å². The van der Waals surface area contributed by atoms with Gasteiger partial charge in [0.15, 0.2) is 0 Å². The Hall–Kier alpha value is -0.0800. The van der Waals surface area contributed by atoms with Crippen molar-refractivity contribution in [2.24, 2.45) is 11.8 Å². The van der Waals surface area contributed by atoms with E-state index in [1.54, 1.807) is 0 Å². The Morgan fingerprint density at radius 1 is 0.938 bits per heavy atom. The monoisotopic (exact) mass is 222 g/mol. The molecule has 1 saturated heterocycles. The van der Waals surface area contributed by atoms with Gasteiger partial charge in [-0.2, -0.15) is 0 Å². The van der Waals surface area contributed by atoms with Gasteiger partial charge in [0, 0.05) is 32.1 Å². The summed E-state index contributed by atoms with van der Waals surface area (Å²) in [6, 6.07) is 0. The maximum Gasteiger partial charge on any atom is 0.101 e. The van der Waals surface area contributed by atoms with Crippen LogP contribution in [0.4, 0.5) is 0 Å². The fourth-order valence-electron chi connectivity index (χ4n) is 5.96. The highest BCUT2D eigenvalue weighted by atomic mass is 16.3. The lowest BCUT2D eigenvalue weighted by atomic mass is 9.50. The lowest BCUT2D eigenvalue weighted by Crippen LogP contribution is -3.20. The Bertz CT molecular complexity index is 294. The van der Waals surface area contributed by atoms with E-state index < -0.39 is 0 Å². The van der Waals surface area contributed by atoms with Crippen LogP contribution in [0.3, 0.4) is 0 Å². The van der Waals surface area contributed by atoms with Crippen LogP contribution in [0.15, 0.2) is 0 Å². The zero-order valence-corrected chi connectivity index (χ0v) is 10.2. The zero-order chi connectivity index (χ0) is 10.8. The highest BCUT2D eigenvalue weighted by Crippen LogP contribution is 2.56. The molecule has 4 saturated carbocycles. The summed E-state index contributed by atoms with van der Waals surface area (Å²) in [6.45, 7) is 2.77. The molecule has 5 aliphatic rings. The quantitative estimate of drug-likeness (QED) is 0.672. The van der Waals surface area contributed by atoms with E-state index in [0.29, 0.717) is 5.54 Å². The van der Waals surface area contributed by atoms with E-state index in [2.05, 4.69) is 0 Å². The first-order valence-electron chi connectivity index (χ1n) is 7.25. The van der Waals surface area contributed by atoms with Gasteiger partial charge in [-0.05, 0) is 31.1 Å². The average molecular weight is 222 g/mol. The fraction of sp³-hybridized carbons (Fsp3) is 1.00. The summed E-state index contributed by atoms with van der Waals surface area (Å²) in [7, 11) is 0. The first-order valence-corrected chi connectivity index (χ1v) is 7.25. The third kappa shape index (κ3) is 1.26. The largest absolute Gasteiger partial charge is 0.390 e. The molecule has 4 bridgehead atoms. The van der Waals surface area contributed by atoms with Gasteiger partial charge in [0.2, 0.25) is 0 Å². The maximum atomic E-state index is 10.7. The minimum Gasteiger partial charge on any atom is -0.390 e. The van der Waals surface area contributed by atoms with E-state index in [-0.39, 0.29) is 5.60 Å². The molecule has 2 N–H and O–H groups in total.